The minimum atomic E-state index is -4.54. The van der Waals surface area contributed by atoms with Gasteiger partial charge in [0.05, 0.1) is 17.5 Å². The van der Waals surface area contributed by atoms with Gasteiger partial charge in [-0.2, -0.15) is 13.2 Å². The van der Waals surface area contributed by atoms with Crippen LogP contribution in [-0.2, 0) is 27.5 Å². The maximum atomic E-state index is 12.7. The molecule has 0 heterocycles. The second-order valence-electron chi connectivity index (χ2n) is 6.93. The molecule has 2 rings (SSSR count). The fourth-order valence-electron chi connectivity index (χ4n) is 3.02. The Balaban J connectivity index is 2.05. The quantitative estimate of drug-likeness (QED) is 0.624. The summed E-state index contributed by atoms with van der Waals surface area (Å²) in [7, 11) is -3.88. The van der Waals surface area contributed by atoms with Crippen LogP contribution in [0, 0.1) is 0 Å². The average Bonchev–Trinajstić information content (AvgIpc) is 2.71. The van der Waals surface area contributed by atoms with Gasteiger partial charge in [0.1, 0.15) is 6.54 Å². The molecule has 10 heteroatoms. The van der Waals surface area contributed by atoms with Gasteiger partial charge in [-0.15, -0.1) is 0 Å². The molecular formula is C21H26F3N3O3S. The number of carbonyl (C=O) groups excluding carboxylic acids is 1. The van der Waals surface area contributed by atoms with Crippen LogP contribution in [0.2, 0.25) is 0 Å². The number of anilines is 2. The highest BCUT2D eigenvalue weighted by Crippen LogP contribution is 2.30. The van der Waals surface area contributed by atoms with Crippen LogP contribution in [0.1, 0.15) is 25.0 Å². The number of halogens is 3. The molecular weight excluding hydrogens is 431 g/mol. The molecule has 0 saturated heterocycles. The molecule has 0 aromatic heterocycles. The Morgan fingerprint density at radius 3 is 1.90 bits per heavy atom. The second kappa shape index (κ2) is 10.0. The molecule has 0 saturated carbocycles. The first-order valence-electron chi connectivity index (χ1n) is 9.71. The highest BCUT2D eigenvalue weighted by molar-refractivity contribution is 7.92. The number of carbonyl (C=O) groups is 1. The molecule has 1 N–H and O–H groups in total. The highest BCUT2D eigenvalue weighted by atomic mass is 32.2. The van der Waals surface area contributed by atoms with Crippen LogP contribution in [0.3, 0.4) is 0 Å². The Hall–Kier alpha value is -2.75. The van der Waals surface area contributed by atoms with E-state index < -0.39 is 34.2 Å². The highest BCUT2D eigenvalue weighted by Gasteiger charge is 2.30. The first-order chi connectivity index (χ1) is 14.5. The monoisotopic (exact) mass is 457 g/mol. The number of nitrogens with one attached hydrogen (secondary N) is 1. The lowest BCUT2D eigenvalue weighted by molar-refractivity contribution is -0.137. The number of amides is 1. The van der Waals surface area contributed by atoms with Gasteiger partial charge >= 0.3 is 6.18 Å². The van der Waals surface area contributed by atoms with Gasteiger partial charge in [-0.25, -0.2) is 8.42 Å². The van der Waals surface area contributed by atoms with Crippen molar-refractivity contribution >= 4 is 27.3 Å². The van der Waals surface area contributed by atoms with Gasteiger partial charge in [0.15, 0.2) is 0 Å². The lowest BCUT2D eigenvalue weighted by atomic mass is 10.2. The van der Waals surface area contributed by atoms with Gasteiger partial charge in [0.25, 0.3) is 0 Å². The molecule has 1 amide bonds. The zero-order valence-electron chi connectivity index (χ0n) is 17.6. The zero-order chi connectivity index (χ0) is 23.2. The second-order valence-corrected chi connectivity index (χ2v) is 8.84. The van der Waals surface area contributed by atoms with Gasteiger partial charge in [0.2, 0.25) is 15.9 Å². The summed E-state index contributed by atoms with van der Waals surface area (Å²) in [5.41, 5.74) is 0.979. The predicted octanol–water partition coefficient (Wildman–Crippen LogP) is 3.63. The maximum Gasteiger partial charge on any atom is 0.416 e. The summed E-state index contributed by atoms with van der Waals surface area (Å²) in [4.78, 5) is 14.5. The SMILES string of the molecule is CCN(CC)c1ccc(CNC(=O)CN(c2ccc(C(F)(F)F)cc2)S(C)(=O)=O)cc1. The average molecular weight is 458 g/mol. The largest absolute Gasteiger partial charge is 0.416 e. The van der Waals surface area contributed by atoms with Gasteiger partial charge in [-0.1, -0.05) is 12.1 Å². The van der Waals surface area contributed by atoms with Crippen LogP contribution in [0.4, 0.5) is 24.5 Å². The molecule has 0 fully saturated rings. The van der Waals surface area contributed by atoms with E-state index >= 15 is 0 Å². The molecule has 170 valence electrons. The van der Waals surface area contributed by atoms with E-state index in [4.69, 9.17) is 0 Å². The van der Waals surface area contributed by atoms with Crippen LogP contribution in [0.5, 0.6) is 0 Å². The van der Waals surface area contributed by atoms with E-state index in [1.54, 1.807) is 0 Å². The van der Waals surface area contributed by atoms with Gasteiger partial charge in [0, 0.05) is 25.3 Å². The molecule has 2 aromatic carbocycles. The summed E-state index contributed by atoms with van der Waals surface area (Å²) < 4.78 is 63.2. The summed E-state index contributed by atoms with van der Waals surface area (Å²) in [5.74, 6) is -0.571. The van der Waals surface area contributed by atoms with E-state index in [9.17, 15) is 26.4 Å². The van der Waals surface area contributed by atoms with E-state index in [2.05, 4.69) is 24.1 Å². The Labute approximate surface area is 180 Å². The van der Waals surface area contributed by atoms with Crippen molar-refractivity contribution in [1.82, 2.24) is 5.32 Å². The first-order valence-corrected chi connectivity index (χ1v) is 11.6. The smallest absolute Gasteiger partial charge is 0.372 e. The lowest BCUT2D eigenvalue weighted by Gasteiger charge is -2.22. The third kappa shape index (κ3) is 6.88. The minimum absolute atomic E-state index is 0.0192. The van der Waals surface area contributed by atoms with E-state index in [1.807, 2.05) is 24.3 Å². The fourth-order valence-corrected chi connectivity index (χ4v) is 3.87. The standard InChI is InChI=1S/C21H26F3N3O3S/c1-4-26(5-2)18-10-6-16(7-11-18)14-25-20(28)15-27(31(3,29)30)19-12-8-17(9-13-19)21(22,23)24/h6-13H,4-5,14-15H2,1-3H3,(H,25,28). The van der Waals surface area contributed by atoms with Crippen molar-refractivity contribution in [3.63, 3.8) is 0 Å². The Bertz CT molecular complexity index is 972. The molecule has 0 atom stereocenters. The van der Waals surface area contributed by atoms with Crippen molar-refractivity contribution in [2.75, 3.05) is 35.1 Å². The first kappa shape index (κ1) is 24.5. The zero-order valence-corrected chi connectivity index (χ0v) is 18.4. The number of alkyl halides is 3. The summed E-state index contributed by atoms with van der Waals surface area (Å²) in [6.07, 6.45) is -3.64. The number of benzene rings is 2. The maximum absolute atomic E-state index is 12.7. The third-order valence-electron chi connectivity index (χ3n) is 4.72. The van der Waals surface area contributed by atoms with Crippen LogP contribution >= 0.6 is 0 Å². The van der Waals surface area contributed by atoms with E-state index in [0.29, 0.717) is 0 Å². The van der Waals surface area contributed by atoms with Gasteiger partial charge in [-0.05, 0) is 55.8 Å². The fraction of sp³-hybridized carbons (Fsp3) is 0.381. The lowest BCUT2D eigenvalue weighted by Crippen LogP contribution is -2.40. The minimum Gasteiger partial charge on any atom is -0.372 e. The molecule has 31 heavy (non-hydrogen) atoms. The summed E-state index contributed by atoms with van der Waals surface area (Å²) in [6, 6.07) is 11.3. The van der Waals surface area contributed by atoms with Crippen molar-refractivity contribution in [1.29, 1.82) is 0 Å². The molecule has 0 spiro atoms. The Morgan fingerprint density at radius 1 is 0.935 bits per heavy atom. The number of nitrogens with zero attached hydrogens (tertiary/aromatic N) is 2. The van der Waals surface area contributed by atoms with Crippen molar-refractivity contribution in [3.8, 4) is 0 Å². The summed E-state index contributed by atoms with van der Waals surface area (Å²) in [5, 5.41) is 2.64. The van der Waals surface area contributed by atoms with Crippen LogP contribution in [-0.4, -0.2) is 40.2 Å². The number of rotatable bonds is 9. The van der Waals surface area contributed by atoms with Gasteiger partial charge < -0.3 is 10.2 Å². The van der Waals surface area contributed by atoms with Crippen molar-refractivity contribution < 1.29 is 26.4 Å². The predicted molar refractivity (Wildman–Crippen MR) is 115 cm³/mol. The van der Waals surface area contributed by atoms with Crippen LogP contribution in [0.25, 0.3) is 0 Å². The van der Waals surface area contributed by atoms with E-state index in [1.165, 1.54) is 0 Å². The number of hydrogen-bond acceptors (Lipinski definition) is 4. The van der Waals surface area contributed by atoms with Crippen molar-refractivity contribution in [2.24, 2.45) is 0 Å². The molecule has 0 aliphatic rings. The molecule has 6 nitrogen and oxygen atoms in total. The van der Waals surface area contributed by atoms with Crippen LogP contribution in [0.15, 0.2) is 48.5 Å². The van der Waals surface area contributed by atoms with Crippen molar-refractivity contribution in [2.45, 2.75) is 26.6 Å². The van der Waals surface area contributed by atoms with Crippen molar-refractivity contribution in [3.05, 3.63) is 59.7 Å². The number of hydrogen-bond donors (Lipinski definition) is 1. The Morgan fingerprint density at radius 2 is 1.45 bits per heavy atom. The van der Waals surface area contributed by atoms with E-state index in [0.717, 1.165) is 59.2 Å². The molecule has 0 radical (unpaired) electrons. The molecule has 0 aliphatic heterocycles. The van der Waals surface area contributed by atoms with E-state index in [-0.39, 0.29) is 12.2 Å². The Kier molecular flexibility index (Phi) is 7.94. The molecule has 0 unspecified atom stereocenters. The van der Waals surface area contributed by atoms with Crippen LogP contribution < -0.4 is 14.5 Å². The number of sulfonamides is 1. The van der Waals surface area contributed by atoms with Gasteiger partial charge in [-0.3, -0.25) is 9.10 Å². The normalized spacial score (nSPS) is 11.8. The summed E-state index contributed by atoms with van der Waals surface area (Å²) in [6.45, 7) is 5.52. The topological polar surface area (TPSA) is 69.7 Å². The third-order valence-corrected chi connectivity index (χ3v) is 5.87. The molecule has 2 aromatic rings. The summed E-state index contributed by atoms with van der Waals surface area (Å²) >= 11 is 0. The molecule has 0 bridgehead atoms. The molecule has 0 aliphatic carbocycles.